The Balaban J connectivity index is 2.17. The highest BCUT2D eigenvalue weighted by molar-refractivity contribution is 7.89. The molecule has 7 heteroatoms. The molecule has 0 aliphatic carbocycles. The van der Waals surface area contributed by atoms with Crippen molar-refractivity contribution < 1.29 is 23.0 Å². The summed E-state index contributed by atoms with van der Waals surface area (Å²) in [6, 6.07) is 5.67. The van der Waals surface area contributed by atoms with Crippen LogP contribution in [0.4, 0.5) is 0 Å². The largest absolute Gasteiger partial charge is 0.497 e. The maximum absolute atomic E-state index is 12.2. The van der Waals surface area contributed by atoms with Crippen LogP contribution in [0.5, 0.6) is 5.75 Å². The minimum Gasteiger partial charge on any atom is -0.497 e. The molecule has 2 atom stereocenters. The first-order chi connectivity index (χ1) is 9.03. The number of aliphatic hydroxyl groups excluding tert-OH is 1. The summed E-state index contributed by atoms with van der Waals surface area (Å²) < 4.78 is 37.0. The van der Waals surface area contributed by atoms with E-state index in [4.69, 9.17) is 9.47 Å². The molecule has 0 bridgehead atoms. The van der Waals surface area contributed by atoms with Gasteiger partial charge in [0, 0.05) is 12.7 Å². The van der Waals surface area contributed by atoms with Gasteiger partial charge in [0.1, 0.15) is 5.75 Å². The highest BCUT2D eigenvalue weighted by Gasteiger charge is 2.28. The van der Waals surface area contributed by atoms with E-state index in [9.17, 15) is 13.5 Å². The van der Waals surface area contributed by atoms with Gasteiger partial charge in [-0.15, -0.1) is 0 Å². The number of sulfonamides is 1. The fraction of sp³-hybridized carbons (Fsp3) is 0.500. The lowest BCUT2D eigenvalue weighted by Crippen LogP contribution is -2.48. The average molecular weight is 287 g/mol. The zero-order valence-electron chi connectivity index (χ0n) is 10.6. The number of hydrogen-bond donors (Lipinski definition) is 2. The van der Waals surface area contributed by atoms with Gasteiger partial charge in [-0.2, -0.15) is 0 Å². The van der Waals surface area contributed by atoms with Crippen LogP contribution in [0, 0.1) is 0 Å². The van der Waals surface area contributed by atoms with Gasteiger partial charge in [0.05, 0.1) is 30.8 Å². The Morgan fingerprint density at radius 2 is 2.26 bits per heavy atom. The van der Waals surface area contributed by atoms with Gasteiger partial charge in [0.15, 0.2) is 0 Å². The first kappa shape index (κ1) is 14.3. The van der Waals surface area contributed by atoms with Crippen molar-refractivity contribution in [1.82, 2.24) is 4.72 Å². The second kappa shape index (κ2) is 5.87. The molecule has 1 fully saturated rings. The van der Waals surface area contributed by atoms with Crippen molar-refractivity contribution in [2.45, 2.75) is 23.5 Å². The molecule has 106 valence electrons. The highest BCUT2D eigenvalue weighted by atomic mass is 32.2. The molecular weight excluding hydrogens is 270 g/mol. The number of benzene rings is 1. The summed E-state index contributed by atoms with van der Waals surface area (Å²) in [5.41, 5.74) is 0. The van der Waals surface area contributed by atoms with Crippen LogP contribution in [0.3, 0.4) is 0 Å². The molecule has 0 unspecified atom stereocenters. The summed E-state index contributed by atoms with van der Waals surface area (Å²) in [5, 5.41) is 9.70. The Kier molecular flexibility index (Phi) is 4.41. The van der Waals surface area contributed by atoms with Gasteiger partial charge in [-0.05, 0) is 18.6 Å². The monoisotopic (exact) mass is 287 g/mol. The predicted octanol–water partition coefficient (Wildman–Crippen LogP) is 0.123. The van der Waals surface area contributed by atoms with Crippen molar-refractivity contribution >= 4 is 10.0 Å². The Morgan fingerprint density at radius 1 is 1.47 bits per heavy atom. The number of ether oxygens (including phenoxy) is 2. The molecule has 0 amide bonds. The molecule has 1 aromatic carbocycles. The molecule has 2 rings (SSSR count). The summed E-state index contributed by atoms with van der Waals surface area (Å²) in [6.45, 7) is 0.577. The van der Waals surface area contributed by atoms with E-state index in [0.29, 0.717) is 18.8 Å². The molecule has 1 aliphatic rings. The van der Waals surface area contributed by atoms with E-state index in [0.717, 1.165) is 0 Å². The van der Waals surface area contributed by atoms with Gasteiger partial charge in [-0.3, -0.25) is 0 Å². The Morgan fingerprint density at radius 3 is 2.95 bits per heavy atom. The zero-order chi connectivity index (χ0) is 13.9. The van der Waals surface area contributed by atoms with Gasteiger partial charge in [-0.25, -0.2) is 13.1 Å². The van der Waals surface area contributed by atoms with Crippen LogP contribution in [0.25, 0.3) is 0 Å². The van der Waals surface area contributed by atoms with Gasteiger partial charge in [0.2, 0.25) is 10.0 Å². The number of methoxy groups -OCH3 is 1. The molecule has 6 nitrogen and oxygen atoms in total. The minimum absolute atomic E-state index is 0.116. The highest BCUT2D eigenvalue weighted by Crippen LogP contribution is 2.18. The minimum atomic E-state index is -3.67. The Labute approximate surface area is 112 Å². The number of nitrogens with one attached hydrogen (secondary N) is 1. The van der Waals surface area contributed by atoms with E-state index in [1.54, 1.807) is 12.1 Å². The Bertz CT molecular complexity index is 531. The van der Waals surface area contributed by atoms with Crippen molar-refractivity contribution in [1.29, 1.82) is 0 Å². The number of hydrogen-bond acceptors (Lipinski definition) is 5. The quantitative estimate of drug-likeness (QED) is 0.822. The Hall–Kier alpha value is -1.15. The van der Waals surface area contributed by atoms with E-state index in [-0.39, 0.29) is 11.5 Å². The van der Waals surface area contributed by atoms with Crippen LogP contribution in [0.2, 0.25) is 0 Å². The van der Waals surface area contributed by atoms with Crippen molar-refractivity contribution in [2.24, 2.45) is 0 Å². The lowest BCUT2D eigenvalue weighted by atomic mass is 10.1. The lowest BCUT2D eigenvalue weighted by molar-refractivity contribution is -0.0222. The van der Waals surface area contributed by atoms with Crippen molar-refractivity contribution in [2.75, 3.05) is 20.3 Å². The van der Waals surface area contributed by atoms with Gasteiger partial charge in [-0.1, -0.05) is 6.07 Å². The van der Waals surface area contributed by atoms with E-state index < -0.39 is 22.2 Å². The van der Waals surface area contributed by atoms with E-state index in [1.807, 2.05) is 0 Å². The number of aliphatic hydroxyl groups is 1. The van der Waals surface area contributed by atoms with E-state index >= 15 is 0 Å². The fourth-order valence-corrected chi connectivity index (χ4v) is 3.23. The third-order valence-corrected chi connectivity index (χ3v) is 4.47. The molecule has 0 radical (unpaired) electrons. The second-order valence-corrected chi connectivity index (χ2v) is 6.05. The van der Waals surface area contributed by atoms with Crippen molar-refractivity contribution in [3.8, 4) is 5.75 Å². The van der Waals surface area contributed by atoms with Crippen molar-refractivity contribution in [3.05, 3.63) is 24.3 Å². The molecule has 1 heterocycles. The first-order valence-electron chi connectivity index (χ1n) is 5.95. The summed E-state index contributed by atoms with van der Waals surface area (Å²) >= 11 is 0. The van der Waals surface area contributed by atoms with Crippen LogP contribution in [-0.4, -0.2) is 46.0 Å². The lowest BCUT2D eigenvalue weighted by Gasteiger charge is -2.28. The van der Waals surface area contributed by atoms with Crippen molar-refractivity contribution in [3.63, 3.8) is 0 Å². The average Bonchev–Trinajstić information content (AvgIpc) is 2.41. The standard InChI is InChI=1S/C12H17NO5S/c1-17-9-3-2-4-10(7-9)19(15,16)13-11-5-6-18-8-12(11)14/h2-4,7,11-14H,5-6,8H2,1H3/t11-,12-/m1/s1. The molecule has 19 heavy (non-hydrogen) atoms. The molecule has 1 aliphatic heterocycles. The van der Waals surface area contributed by atoms with Crippen LogP contribution < -0.4 is 9.46 Å². The fourth-order valence-electron chi connectivity index (χ4n) is 1.90. The SMILES string of the molecule is COc1cccc(S(=O)(=O)N[C@@H]2CCOC[C@H]2O)c1. The topological polar surface area (TPSA) is 84.9 Å². The van der Waals surface area contributed by atoms with Crippen LogP contribution in [0.15, 0.2) is 29.2 Å². The van der Waals surface area contributed by atoms with E-state index in [2.05, 4.69) is 4.72 Å². The zero-order valence-corrected chi connectivity index (χ0v) is 11.4. The van der Waals surface area contributed by atoms with Crippen LogP contribution in [-0.2, 0) is 14.8 Å². The normalized spacial score (nSPS) is 24.1. The smallest absolute Gasteiger partial charge is 0.241 e. The maximum Gasteiger partial charge on any atom is 0.241 e. The van der Waals surface area contributed by atoms with Crippen LogP contribution in [0.1, 0.15) is 6.42 Å². The molecule has 1 saturated heterocycles. The first-order valence-corrected chi connectivity index (χ1v) is 7.43. The summed E-state index contributed by atoms with van der Waals surface area (Å²) in [4.78, 5) is 0.116. The molecular formula is C12H17NO5S. The summed E-state index contributed by atoms with van der Waals surface area (Å²) in [5.74, 6) is 0.468. The van der Waals surface area contributed by atoms with Gasteiger partial charge in [0.25, 0.3) is 0 Å². The maximum atomic E-state index is 12.2. The number of rotatable bonds is 4. The molecule has 0 aromatic heterocycles. The summed E-state index contributed by atoms with van der Waals surface area (Å²) in [7, 11) is -2.20. The van der Waals surface area contributed by atoms with Crippen LogP contribution >= 0.6 is 0 Å². The molecule has 2 N–H and O–H groups in total. The van der Waals surface area contributed by atoms with Gasteiger partial charge < -0.3 is 14.6 Å². The molecule has 0 saturated carbocycles. The third kappa shape index (κ3) is 3.44. The predicted molar refractivity (Wildman–Crippen MR) is 68.5 cm³/mol. The third-order valence-electron chi connectivity index (χ3n) is 2.98. The van der Waals surface area contributed by atoms with Gasteiger partial charge >= 0.3 is 0 Å². The second-order valence-electron chi connectivity index (χ2n) is 4.34. The molecule has 1 aromatic rings. The van der Waals surface area contributed by atoms with E-state index in [1.165, 1.54) is 19.2 Å². The molecule has 0 spiro atoms. The summed E-state index contributed by atoms with van der Waals surface area (Å²) in [6.07, 6.45) is -0.376.